The molecule has 0 aliphatic carbocycles. The highest BCUT2D eigenvalue weighted by Crippen LogP contribution is 2.28. The number of rotatable bonds is 1. The van der Waals surface area contributed by atoms with Crippen LogP contribution in [0.15, 0.2) is 6.20 Å². The Kier molecular flexibility index (Phi) is 3.62. The molecule has 106 valence electrons. The van der Waals surface area contributed by atoms with Crippen molar-refractivity contribution in [3.05, 3.63) is 11.3 Å². The highest BCUT2D eigenvalue weighted by atomic mass is 35.5. The van der Waals surface area contributed by atoms with E-state index in [2.05, 4.69) is 5.10 Å². The maximum absolute atomic E-state index is 12.3. The summed E-state index contributed by atoms with van der Waals surface area (Å²) in [5, 5.41) is 4.16. The van der Waals surface area contributed by atoms with E-state index in [0.717, 1.165) is 4.90 Å². The number of nitrogen functional groups attached to an aromatic ring is 1. The van der Waals surface area contributed by atoms with E-state index in [9.17, 15) is 18.0 Å². The summed E-state index contributed by atoms with van der Waals surface area (Å²) in [6.45, 7) is 0.0841. The Bertz CT molecular complexity index is 460. The number of aromatic nitrogens is 2. The molecule has 0 aromatic carbocycles. The zero-order valence-electron chi connectivity index (χ0n) is 9.82. The molecule has 0 spiro atoms. The number of hydrogen-bond donors (Lipinski definition) is 1. The second-order valence-electron chi connectivity index (χ2n) is 4.38. The first-order chi connectivity index (χ1) is 8.79. The number of likely N-dealkylation sites (tertiary alicyclic amines) is 1. The van der Waals surface area contributed by atoms with Crippen molar-refractivity contribution < 1.29 is 18.0 Å². The zero-order chi connectivity index (χ0) is 14.2. The number of amides is 1. The molecule has 19 heavy (non-hydrogen) atoms. The molecule has 1 aromatic rings. The van der Waals surface area contributed by atoms with Crippen molar-refractivity contribution in [1.82, 2.24) is 14.7 Å². The fourth-order valence-corrected chi connectivity index (χ4v) is 2.22. The van der Waals surface area contributed by atoms with Gasteiger partial charge in [-0.1, -0.05) is 11.6 Å². The summed E-state index contributed by atoms with van der Waals surface area (Å²) in [4.78, 5) is 11.9. The lowest BCUT2D eigenvalue weighted by Crippen LogP contribution is -2.45. The molecule has 0 bridgehead atoms. The van der Waals surface area contributed by atoms with Gasteiger partial charge in [0, 0.05) is 19.3 Å². The Balaban J connectivity index is 1.98. The SMILES string of the molecule is Nc1cn(C2CCN(C(=O)C(F)(F)F)CC2)nc1Cl. The van der Waals surface area contributed by atoms with E-state index in [4.69, 9.17) is 17.3 Å². The molecule has 0 saturated carbocycles. The van der Waals surface area contributed by atoms with Crippen molar-refractivity contribution in [2.24, 2.45) is 0 Å². The molecule has 2 heterocycles. The van der Waals surface area contributed by atoms with Gasteiger partial charge in [0.1, 0.15) is 0 Å². The number of nitrogens with zero attached hydrogens (tertiary/aromatic N) is 3. The number of nitrogens with two attached hydrogens (primary N) is 1. The van der Waals surface area contributed by atoms with Crippen LogP contribution in [-0.2, 0) is 4.79 Å². The van der Waals surface area contributed by atoms with E-state index in [-0.39, 0.29) is 24.3 Å². The first-order valence-corrected chi connectivity index (χ1v) is 6.03. The summed E-state index contributed by atoms with van der Waals surface area (Å²) in [7, 11) is 0. The van der Waals surface area contributed by atoms with Crippen molar-refractivity contribution >= 4 is 23.2 Å². The van der Waals surface area contributed by atoms with E-state index < -0.39 is 12.1 Å². The van der Waals surface area contributed by atoms with E-state index in [1.807, 2.05) is 0 Å². The lowest BCUT2D eigenvalue weighted by atomic mass is 10.1. The first kappa shape index (κ1) is 14.0. The van der Waals surface area contributed by atoms with Gasteiger partial charge in [-0.2, -0.15) is 18.3 Å². The summed E-state index contributed by atoms with van der Waals surface area (Å²) in [6.07, 6.45) is -2.49. The van der Waals surface area contributed by atoms with Gasteiger partial charge >= 0.3 is 12.1 Å². The maximum Gasteiger partial charge on any atom is 0.471 e. The Morgan fingerprint density at radius 2 is 2.00 bits per heavy atom. The first-order valence-electron chi connectivity index (χ1n) is 5.65. The normalized spacial score (nSPS) is 17.8. The number of piperidine rings is 1. The molecule has 1 aromatic heterocycles. The maximum atomic E-state index is 12.3. The number of carbonyl (C=O) groups excluding carboxylic acids is 1. The van der Waals surface area contributed by atoms with Crippen LogP contribution in [-0.4, -0.2) is 39.9 Å². The van der Waals surface area contributed by atoms with E-state index >= 15 is 0 Å². The Morgan fingerprint density at radius 3 is 2.42 bits per heavy atom. The third-order valence-corrected chi connectivity index (χ3v) is 3.37. The average Bonchev–Trinajstić information content (AvgIpc) is 2.68. The predicted octanol–water partition coefficient (Wildman–Crippen LogP) is 1.84. The molecule has 1 aliphatic heterocycles. The molecule has 1 saturated heterocycles. The summed E-state index contributed by atoms with van der Waals surface area (Å²) in [5.41, 5.74) is 5.88. The van der Waals surface area contributed by atoms with Gasteiger partial charge in [-0.15, -0.1) is 0 Å². The second kappa shape index (κ2) is 4.92. The zero-order valence-corrected chi connectivity index (χ0v) is 10.6. The molecule has 1 amide bonds. The van der Waals surface area contributed by atoms with Gasteiger partial charge < -0.3 is 10.6 Å². The summed E-state index contributed by atoms with van der Waals surface area (Å²) in [6, 6.07) is -0.0907. The molecule has 1 fully saturated rings. The molecule has 2 N–H and O–H groups in total. The quantitative estimate of drug-likeness (QED) is 0.860. The summed E-state index contributed by atoms with van der Waals surface area (Å²) < 4.78 is 38.4. The van der Waals surface area contributed by atoms with Crippen molar-refractivity contribution in [3.8, 4) is 0 Å². The highest BCUT2D eigenvalue weighted by molar-refractivity contribution is 6.31. The van der Waals surface area contributed by atoms with Gasteiger partial charge in [-0.05, 0) is 12.8 Å². The standard InChI is InChI=1S/C10H12ClF3N4O/c11-8-7(15)5-18(16-8)6-1-3-17(4-2-6)9(19)10(12,13)14/h5-6H,1-4,15H2. The van der Waals surface area contributed by atoms with E-state index in [1.54, 1.807) is 10.9 Å². The summed E-state index contributed by atoms with van der Waals surface area (Å²) in [5.74, 6) is -1.79. The number of hydrogen-bond acceptors (Lipinski definition) is 3. The Morgan fingerprint density at radius 1 is 1.42 bits per heavy atom. The molecule has 0 atom stereocenters. The largest absolute Gasteiger partial charge is 0.471 e. The van der Waals surface area contributed by atoms with Gasteiger partial charge in [0.2, 0.25) is 0 Å². The van der Waals surface area contributed by atoms with E-state index in [0.29, 0.717) is 18.5 Å². The predicted molar refractivity (Wildman–Crippen MR) is 62.6 cm³/mol. The number of carbonyl (C=O) groups is 1. The topological polar surface area (TPSA) is 64.2 Å². The van der Waals surface area contributed by atoms with Crippen molar-refractivity contribution in [2.45, 2.75) is 25.1 Å². The molecule has 1 aliphatic rings. The van der Waals surface area contributed by atoms with Gasteiger partial charge in [0.25, 0.3) is 0 Å². The molecular formula is C10H12ClF3N4O. The monoisotopic (exact) mass is 296 g/mol. The molecule has 2 rings (SSSR count). The third kappa shape index (κ3) is 2.94. The fraction of sp³-hybridized carbons (Fsp3) is 0.600. The number of alkyl halides is 3. The smallest absolute Gasteiger partial charge is 0.395 e. The summed E-state index contributed by atoms with van der Waals surface area (Å²) >= 11 is 5.72. The molecule has 0 radical (unpaired) electrons. The van der Waals surface area contributed by atoms with Crippen LogP contribution in [0.5, 0.6) is 0 Å². The van der Waals surface area contributed by atoms with Crippen LogP contribution in [0.4, 0.5) is 18.9 Å². The van der Waals surface area contributed by atoms with Gasteiger partial charge in [0.05, 0.1) is 11.7 Å². The molecule has 9 heteroatoms. The van der Waals surface area contributed by atoms with Crippen LogP contribution < -0.4 is 5.73 Å². The van der Waals surface area contributed by atoms with Crippen LogP contribution in [0, 0.1) is 0 Å². The molecular weight excluding hydrogens is 285 g/mol. The van der Waals surface area contributed by atoms with Crippen LogP contribution in [0.3, 0.4) is 0 Å². The average molecular weight is 297 g/mol. The van der Waals surface area contributed by atoms with Gasteiger partial charge in [0.15, 0.2) is 5.15 Å². The van der Waals surface area contributed by atoms with Gasteiger partial charge in [-0.25, -0.2) is 0 Å². The minimum absolute atomic E-state index is 0.0421. The molecule has 0 unspecified atom stereocenters. The van der Waals surface area contributed by atoms with Crippen molar-refractivity contribution in [1.29, 1.82) is 0 Å². The van der Waals surface area contributed by atoms with Crippen LogP contribution in [0.1, 0.15) is 18.9 Å². The third-order valence-electron chi connectivity index (χ3n) is 3.08. The minimum Gasteiger partial charge on any atom is -0.395 e. The van der Waals surface area contributed by atoms with Crippen molar-refractivity contribution in [3.63, 3.8) is 0 Å². The lowest BCUT2D eigenvalue weighted by Gasteiger charge is -2.32. The van der Waals surface area contributed by atoms with Crippen LogP contribution >= 0.6 is 11.6 Å². The van der Waals surface area contributed by atoms with Gasteiger partial charge in [-0.3, -0.25) is 9.48 Å². The number of halogens is 4. The van der Waals surface area contributed by atoms with Crippen molar-refractivity contribution in [2.75, 3.05) is 18.8 Å². The fourth-order valence-electron chi connectivity index (χ4n) is 2.08. The van der Waals surface area contributed by atoms with Crippen LogP contribution in [0.25, 0.3) is 0 Å². The lowest BCUT2D eigenvalue weighted by molar-refractivity contribution is -0.186. The minimum atomic E-state index is -4.81. The van der Waals surface area contributed by atoms with Crippen LogP contribution in [0.2, 0.25) is 5.15 Å². The highest BCUT2D eigenvalue weighted by Gasteiger charge is 2.43. The van der Waals surface area contributed by atoms with E-state index in [1.165, 1.54) is 0 Å². The number of anilines is 1. The molecule has 5 nitrogen and oxygen atoms in total. The second-order valence-corrected chi connectivity index (χ2v) is 4.73. The Hall–Kier alpha value is -1.44. The Labute approximate surface area is 112 Å².